The predicted octanol–water partition coefficient (Wildman–Crippen LogP) is 5.99. The van der Waals surface area contributed by atoms with Crippen molar-refractivity contribution in [2.75, 3.05) is 6.61 Å². The van der Waals surface area contributed by atoms with Gasteiger partial charge >= 0.3 is 5.97 Å². The number of hydrogen-bond donors (Lipinski definition) is 0. The van der Waals surface area contributed by atoms with Crippen LogP contribution in [0.3, 0.4) is 0 Å². The van der Waals surface area contributed by atoms with Crippen molar-refractivity contribution < 1.29 is 13.6 Å². The highest BCUT2D eigenvalue weighted by Crippen LogP contribution is 2.24. The van der Waals surface area contributed by atoms with Crippen LogP contribution >= 0.6 is 0 Å². The lowest BCUT2D eigenvalue weighted by Crippen LogP contribution is -2.44. The summed E-state index contributed by atoms with van der Waals surface area (Å²) < 4.78 is 11.6. The Balaban J connectivity index is -0.00000180. The number of rotatable bonds is 10. The molecule has 0 rings (SSSR count). The van der Waals surface area contributed by atoms with Gasteiger partial charge in [-0.05, 0) is 51.6 Å². The van der Waals surface area contributed by atoms with Crippen molar-refractivity contribution in [1.82, 2.24) is 0 Å². The Kier molecular flexibility index (Phi) is 14.5. The van der Waals surface area contributed by atoms with Crippen LogP contribution in [0, 0.1) is 0 Å². The van der Waals surface area contributed by atoms with Crippen molar-refractivity contribution in [2.45, 2.75) is 86.2 Å². The van der Waals surface area contributed by atoms with Crippen molar-refractivity contribution in [1.29, 1.82) is 0 Å². The van der Waals surface area contributed by atoms with Gasteiger partial charge < -0.3 is 8.85 Å². The normalized spacial score (nSPS) is 11.2. The second kappa shape index (κ2) is 12.1. The molecule has 0 N–H and O–H groups in total. The lowest BCUT2D eigenvalue weighted by Gasteiger charge is -2.34. The number of unbranched alkanes of at least 4 members (excludes halogenated alkanes) is 1. The third-order valence-electron chi connectivity index (χ3n) is 3.19. The summed E-state index contributed by atoms with van der Waals surface area (Å²) in [5, 5.41) is 0. The molecule has 0 spiro atoms. The minimum absolute atomic E-state index is 0. The first kappa shape index (κ1) is 26.5. The Bertz CT molecular complexity index is 326. The van der Waals surface area contributed by atoms with Gasteiger partial charge in [-0.15, -0.1) is 0 Å². The zero-order chi connectivity index (χ0) is 15.8. The van der Waals surface area contributed by atoms with E-state index in [1.54, 1.807) is 6.92 Å². The second-order valence-electron chi connectivity index (χ2n) is 6.74. The van der Waals surface area contributed by atoms with Crippen molar-refractivity contribution in [2.24, 2.45) is 0 Å². The molecule has 0 amide bonds. The molecule has 0 aliphatic heterocycles. The van der Waals surface area contributed by atoms with Crippen molar-refractivity contribution in [3.8, 4) is 0 Å². The van der Waals surface area contributed by atoms with E-state index in [2.05, 4.69) is 39.7 Å². The summed E-state index contributed by atoms with van der Waals surface area (Å²) in [5.74, 6) is -0.289. The predicted molar refractivity (Wildman–Crippen MR) is 104 cm³/mol. The summed E-state index contributed by atoms with van der Waals surface area (Å²) in [5.41, 5.74) is 0.464. The maximum Gasteiger partial charge on any atom is 0.333 e. The minimum atomic E-state index is -1.64. The first-order chi connectivity index (χ1) is 9.09. The zero-order valence-electron chi connectivity index (χ0n) is 14.2. The van der Waals surface area contributed by atoms with E-state index < -0.39 is 16.6 Å². The third-order valence-corrected chi connectivity index (χ3v) is 10.7. The molecule has 0 saturated heterocycles. The Morgan fingerprint density at radius 3 is 1.86 bits per heavy atom. The highest BCUT2D eigenvalue weighted by atomic mass is 28.4. The van der Waals surface area contributed by atoms with Crippen LogP contribution in [0.4, 0.5) is 0 Å². The monoisotopic (exact) mass is 348 g/mol. The molecular weight excluding hydrogens is 308 g/mol. The molecular formula is C17H40O3Si2. The summed E-state index contributed by atoms with van der Waals surface area (Å²) in [4.78, 5) is 11.3. The lowest BCUT2D eigenvalue weighted by atomic mass is 10.4. The largest absolute Gasteiger partial charge is 0.462 e. The van der Waals surface area contributed by atoms with E-state index >= 15 is 0 Å². The van der Waals surface area contributed by atoms with Gasteiger partial charge in [0.25, 0.3) is 0 Å². The van der Waals surface area contributed by atoms with Gasteiger partial charge in [-0.3, -0.25) is 0 Å². The van der Waals surface area contributed by atoms with Crippen LogP contribution in [-0.2, 0) is 13.6 Å². The van der Waals surface area contributed by atoms with Crippen LogP contribution in [0.1, 0.15) is 48.0 Å². The number of hydrogen-bond acceptors (Lipinski definition) is 3. The fourth-order valence-corrected chi connectivity index (χ4v) is 11.2. The quantitative estimate of drug-likeness (QED) is 0.210. The topological polar surface area (TPSA) is 35.5 Å². The average Bonchev–Trinajstić information content (AvgIpc) is 2.30. The fourth-order valence-electron chi connectivity index (χ4n) is 2.24. The molecule has 0 aromatic carbocycles. The van der Waals surface area contributed by atoms with Gasteiger partial charge in [-0.25, -0.2) is 4.79 Å². The van der Waals surface area contributed by atoms with Crippen LogP contribution in [0.5, 0.6) is 0 Å². The molecule has 0 bridgehead atoms. The first-order valence-corrected chi connectivity index (χ1v) is 13.9. The molecule has 0 aromatic heterocycles. The van der Waals surface area contributed by atoms with E-state index in [0.717, 1.165) is 12.5 Å². The number of carbonyl (C=O) groups is 1. The molecule has 134 valence electrons. The van der Waals surface area contributed by atoms with E-state index in [1.807, 2.05) is 0 Å². The van der Waals surface area contributed by atoms with Crippen LogP contribution < -0.4 is 0 Å². The summed E-state index contributed by atoms with van der Waals surface area (Å²) in [7, 11) is -3.16. The number of ether oxygens (including phenoxy) is 1. The molecule has 0 saturated carbocycles. The number of carbonyl (C=O) groups excluding carboxylic acids is 1. The molecule has 0 aromatic rings. The van der Waals surface area contributed by atoms with Crippen LogP contribution in [-0.4, -0.2) is 29.2 Å². The Hall–Kier alpha value is -0.396. The van der Waals surface area contributed by atoms with Crippen LogP contribution in [0.15, 0.2) is 12.2 Å². The second-order valence-corrected chi connectivity index (χ2v) is 15.6. The van der Waals surface area contributed by atoms with Gasteiger partial charge in [0, 0.05) is 5.57 Å². The van der Waals surface area contributed by atoms with E-state index in [4.69, 9.17) is 8.85 Å². The van der Waals surface area contributed by atoms with E-state index in [-0.39, 0.29) is 20.8 Å². The molecule has 0 radical (unpaired) electrons. The zero-order valence-corrected chi connectivity index (χ0v) is 16.2. The molecule has 0 unspecified atom stereocenters. The highest BCUT2D eigenvalue weighted by molar-refractivity contribution is 6.84. The summed E-state index contributed by atoms with van der Waals surface area (Å²) >= 11 is 0. The molecule has 0 heterocycles. The van der Waals surface area contributed by atoms with Gasteiger partial charge in [0.1, 0.15) is 0 Å². The third kappa shape index (κ3) is 13.3. The Morgan fingerprint density at radius 1 is 1.00 bits per heavy atom. The van der Waals surface area contributed by atoms with Gasteiger partial charge in [-0.1, -0.05) is 41.2 Å². The molecule has 22 heavy (non-hydrogen) atoms. The van der Waals surface area contributed by atoms with Crippen molar-refractivity contribution in [3.05, 3.63) is 12.2 Å². The molecule has 0 aliphatic carbocycles. The molecule has 5 heteroatoms. The maximum absolute atomic E-state index is 11.3. The van der Waals surface area contributed by atoms with Gasteiger partial charge in [-0.2, -0.15) is 0 Å². The van der Waals surface area contributed by atoms with Gasteiger partial charge in [0.15, 0.2) is 16.6 Å². The minimum Gasteiger partial charge on any atom is -0.462 e. The maximum atomic E-state index is 11.3. The van der Waals surface area contributed by atoms with E-state index in [1.165, 1.54) is 18.9 Å². The Labute approximate surface area is 141 Å². The smallest absolute Gasteiger partial charge is 0.333 e. The Morgan fingerprint density at radius 2 is 1.45 bits per heavy atom. The fraction of sp³-hybridized carbons (Fsp3) is 0.824. The van der Waals surface area contributed by atoms with Crippen LogP contribution in [0.2, 0.25) is 38.3 Å². The summed E-state index contributed by atoms with van der Waals surface area (Å²) in [6, 6.07) is 2.28. The van der Waals surface area contributed by atoms with E-state index in [0.29, 0.717) is 12.2 Å². The summed E-state index contributed by atoms with van der Waals surface area (Å²) in [6.45, 7) is 17.1. The molecule has 3 nitrogen and oxygen atoms in total. The molecule has 0 fully saturated rings. The highest BCUT2D eigenvalue weighted by Gasteiger charge is 2.32. The van der Waals surface area contributed by atoms with Crippen molar-refractivity contribution >= 4 is 22.6 Å². The van der Waals surface area contributed by atoms with Crippen LogP contribution in [0.25, 0.3) is 0 Å². The van der Waals surface area contributed by atoms with Gasteiger partial charge in [0.05, 0.1) is 6.61 Å². The van der Waals surface area contributed by atoms with E-state index in [9.17, 15) is 4.79 Å². The standard InChI is InChI=1S/C15H32O3Si2.2CH4/c1-8-9-12-19(4,5)18-20(6,7)13-10-11-17-15(16)14(2)3;;/h2,8-13H2,1,3-7H3;2*1H4. The van der Waals surface area contributed by atoms with Crippen molar-refractivity contribution in [3.63, 3.8) is 0 Å². The summed E-state index contributed by atoms with van der Waals surface area (Å²) in [6.07, 6.45) is 3.38. The molecule has 0 atom stereocenters. The average molecular weight is 349 g/mol. The molecule has 0 aliphatic rings. The lowest BCUT2D eigenvalue weighted by molar-refractivity contribution is -0.138. The number of esters is 1. The SMILES string of the molecule is C.C.C=C(C)C(=O)OCCC[Si](C)(C)O[Si](C)(C)CCCC. The first-order valence-electron chi connectivity index (χ1n) is 7.62. The van der Waals surface area contributed by atoms with Gasteiger partial charge in [0.2, 0.25) is 0 Å².